The van der Waals surface area contributed by atoms with Crippen LogP contribution in [0.2, 0.25) is 5.02 Å². The highest BCUT2D eigenvalue weighted by molar-refractivity contribution is 6.31. The normalized spacial score (nSPS) is 10.9. The Balaban J connectivity index is 2.25. The van der Waals surface area contributed by atoms with E-state index in [9.17, 15) is 0 Å². The van der Waals surface area contributed by atoms with Crippen molar-refractivity contribution in [2.75, 3.05) is 0 Å². The van der Waals surface area contributed by atoms with E-state index >= 15 is 0 Å². The van der Waals surface area contributed by atoms with Gasteiger partial charge in [0.25, 0.3) is 0 Å². The fourth-order valence-electron chi connectivity index (χ4n) is 2.58. The molecular formula is C18H16ClN. The molecule has 2 N–H and O–H groups in total. The van der Waals surface area contributed by atoms with Crippen LogP contribution in [0.15, 0.2) is 54.6 Å². The van der Waals surface area contributed by atoms with Gasteiger partial charge in [0.05, 0.1) is 0 Å². The fourth-order valence-corrected chi connectivity index (χ4v) is 2.84. The number of nitrogens with two attached hydrogens (primary N) is 1. The van der Waals surface area contributed by atoms with E-state index in [1.807, 2.05) is 12.1 Å². The second-order valence-electron chi connectivity index (χ2n) is 4.99. The van der Waals surface area contributed by atoms with Crippen molar-refractivity contribution < 1.29 is 0 Å². The maximum absolute atomic E-state index is 6.28. The molecule has 0 unspecified atom stereocenters. The number of benzene rings is 3. The lowest BCUT2D eigenvalue weighted by atomic mass is 9.95. The summed E-state index contributed by atoms with van der Waals surface area (Å²) in [7, 11) is 0. The summed E-state index contributed by atoms with van der Waals surface area (Å²) < 4.78 is 0. The van der Waals surface area contributed by atoms with Crippen LogP contribution in [0.4, 0.5) is 0 Å². The molecule has 0 spiro atoms. The largest absolute Gasteiger partial charge is 0.326 e. The van der Waals surface area contributed by atoms with E-state index in [-0.39, 0.29) is 0 Å². The highest BCUT2D eigenvalue weighted by Crippen LogP contribution is 2.32. The molecule has 3 aromatic carbocycles. The third-order valence-corrected chi connectivity index (χ3v) is 4.08. The van der Waals surface area contributed by atoms with E-state index in [1.54, 1.807) is 0 Å². The number of hydrogen-bond acceptors (Lipinski definition) is 1. The van der Waals surface area contributed by atoms with Crippen LogP contribution in [0.3, 0.4) is 0 Å². The Morgan fingerprint density at radius 2 is 1.70 bits per heavy atom. The molecule has 0 heterocycles. The minimum atomic E-state index is 0.466. The van der Waals surface area contributed by atoms with Gasteiger partial charge in [-0.25, -0.2) is 0 Å². The van der Waals surface area contributed by atoms with E-state index in [0.29, 0.717) is 6.54 Å². The van der Waals surface area contributed by atoms with E-state index < -0.39 is 0 Å². The van der Waals surface area contributed by atoms with Crippen LogP contribution in [0.5, 0.6) is 0 Å². The maximum atomic E-state index is 6.28. The summed E-state index contributed by atoms with van der Waals surface area (Å²) in [6.45, 7) is 2.60. The van der Waals surface area contributed by atoms with Crippen molar-refractivity contribution in [3.63, 3.8) is 0 Å². The van der Waals surface area contributed by atoms with Crippen molar-refractivity contribution in [2.45, 2.75) is 13.5 Å². The molecule has 0 aliphatic carbocycles. The summed E-state index contributed by atoms with van der Waals surface area (Å²) in [6, 6.07) is 18.9. The maximum Gasteiger partial charge on any atom is 0.0457 e. The number of fused-ring (bicyclic) bond motifs is 1. The van der Waals surface area contributed by atoms with Crippen LogP contribution >= 0.6 is 11.6 Å². The van der Waals surface area contributed by atoms with Crippen molar-refractivity contribution in [2.24, 2.45) is 5.73 Å². The zero-order valence-electron chi connectivity index (χ0n) is 11.4. The first-order chi connectivity index (χ1) is 9.70. The predicted molar refractivity (Wildman–Crippen MR) is 87.0 cm³/mol. The first-order valence-corrected chi connectivity index (χ1v) is 7.05. The highest BCUT2D eigenvalue weighted by Gasteiger charge is 2.07. The molecule has 0 atom stereocenters. The lowest BCUT2D eigenvalue weighted by molar-refractivity contribution is 1.07. The van der Waals surface area contributed by atoms with Crippen molar-refractivity contribution in [3.8, 4) is 11.1 Å². The van der Waals surface area contributed by atoms with E-state index in [1.165, 1.54) is 21.9 Å². The van der Waals surface area contributed by atoms with Gasteiger partial charge in [-0.15, -0.1) is 0 Å². The van der Waals surface area contributed by atoms with Gasteiger partial charge in [-0.2, -0.15) is 0 Å². The number of aryl methyl sites for hydroxylation is 1. The zero-order chi connectivity index (χ0) is 14.1. The Hall–Kier alpha value is -1.83. The molecule has 0 saturated heterocycles. The molecule has 0 aliphatic rings. The van der Waals surface area contributed by atoms with Gasteiger partial charge in [0.1, 0.15) is 0 Å². The van der Waals surface area contributed by atoms with Crippen LogP contribution in [-0.4, -0.2) is 0 Å². The predicted octanol–water partition coefficient (Wildman–Crippen LogP) is 4.93. The third-order valence-electron chi connectivity index (χ3n) is 3.73. The molecule has 0 amide bonds. The van der Waals surface area contributed by atoms with Gasteiger partial charge in [0.2, 0.25) is 0 Å². The first kappa shape index (κ1) is 13.2. The SMILES string of the molecule is Cc1ccc(-c2ccc(CN)c(Cl)c2)c2ccccc12. The lowest BCUT2D eigenvalue weighted by Gasteiger charge is -2.11. The number of halogens is 1. The second kappa shape index (κ2) is 5.28. The van der Waals surface area contributed by atoms with Crippen LogP contribution in [0, 0.1) is 6.92 Å². The molecule has 2 heteroatoms. The Labute approximate surface area is 124 Å². The molecule has 0 aliphatic heterocycles. The second-order valence-corrected chi connectivity index (χ2v) is 5.39. The van der Waals surface area contributed by atoms with Crippen LogP contribution in [-0.2, 0) is 6.54 Å². The highest BCUT2D eigenvalue weighted by atomic mass is 35.5. The molecule has 0 bridgehead atoms. The fraction of sp³-hybridized carbons (Fsp3) is 0.111. The summed E-state index contributed by atoms with van der Waals surface area (Å²) in [5.74, 6) is 0. The van der Waals surface area contributed by atoms with Crippen LogP contribution in [0.25, 0.3) is 21.9 Å². The van der Waals surface area contributed by atoms with E-state index in [2.05, 4.69) is 49.4 Å². The molecule has 1 nitrogen and oxygen atoms in total. The summed E-state index contributed by atoms with van der Waals surface area (Å²) in [5.41, 5.74) is 10.3. The zero-order valence-corrected chi connectivity index (χ0v) is 12.1. The Bertz CT molecular complexity index is 777. The van der Waals surface area contributed by atoms with Crippen molar-refractivity contribution in [1.82, 2.24) is 0 Å². The van der Waals surface area contributed by atoms with Crippen LogP contribution in [0.1, 0.15) is 11.1 Å². The van der Waals surface area contributed by atoms with Crippen LogP contribution < -0.4 is 5.73 Å². The molecule has 100 valence electrons. The van der Waals surface area contributed by atoms with Gasteiger partial charge in [-0.05, 0) is 46.0 Å². The average molecular weight is 282 g/mol. The monoisotopic (exact) mass is 281 g/mol. The molecule has 0 radical (unpaired) electrons. The van der Waals surface area contributed by atoms with Gasteiger partial charge in [0, 0.05) is 11.6 Å². The summed E-state index contributed by atoms with van der Waals surface area (Å²) >= 11 is 6.28. The quantitative estimate of drug-likeness (QED) is 0.708. The first-order valence-electron chi connectivity index (χ1n) is 6.68. The summed E-state index contributed by atoms with van der Waals surface area (Å²) in [5, 5.41) is 3.27. The average Bonchev–Trinajstić information content (AvgIpc) is 2.48. The van der Waals surface area contributed by atoms with Crippen molar-refractivity contribution in [1.29, 1.82) is 0 Å². The standard InChI is InChI=1S/C18H16ClN/c1-12-6-9-16(17-5-3-2-4-15(12)17)13-7-8-14(11-20)18(19)10-13/h2-10H,11,20H2,1H3. The van der Waals surface area contributed by atoms with Gasteiger partial charge >= 0.3 is 0 Å². The molecule has 3 rings (SSSR count). The molecule has 0 aromatic heterocycles. The molecular weight excluding hydrogens is 266 g/mol. The summed E-state index contributed by atoms with van der Waals surface area (Å²) in [4.78, 5) is 0. The number of rotatable bonds is 2. The van der Waals surface area contributed by atoms with E-state index in [4.69, 9.17) is 17.3 Å². The minimum Gasteiger partial charge on any atom is -0.326 e. The van der Waals surface area contributed by atoms with Gasteiger partial charge in [0.15, 0.2) is 0 Å². The van der Waals surface area contributed by atoms with Gasteiger partial charge < -0.3 is 5.73 Å². The third kappa shape index (κ3) is 2.20. The van der Waals surface area contributed by atoms with Crippen molar-refractivity contribution in [3.05, 3.63) is 70.7 Å². The van der Waals surface area contributed by atoms with Crippen molar-refractivity contribution >= 4 is 22.4 Å². The molecule has 0 saturated carbocycles. The Morgan fingerprint density at radius 1 is 0.950 bits per heavy atom. The Morgan fingerprint density at radius 3 is 2.40 bits per heavy atom. The number of hydrogen-bond donors (Lipinski definition) is 1. The lowest BCUT2D eigenvalue weighted by Crippen LogP contribution is -1.97. The Kier molecular flexibility index (Phi) is 3.47. The van der Waals surface area contributed by atoms with Gasteiger partial charge in [-0.3, -0.25) is 0 Å². The molecule has 3 aromatic rings. The minimum absolute atomic E-state index is 0.466. The molecule has 20 heavy (non-hydrogen) atoms. The van der Waals surface area contributed by atoms with E-state index in [0.717, 1.165) is 16.1 Å². The summed E-state index contributed by atoms with van der Waals surface area (Å²) in [6.07, 6.45) is 0. The van der Waals surface area contributed by atoms with Gasteiger partial charge in [-0.1, -0.05) is 60.1 Å². The smallest absolute Gasteiger partial charge is 0.0457 e. The topological polar surface area (TPSA) is 26.0 Å². The molecule has 0 fully saturated rings.